The van der Waals surface area contributed by atoms with Crippen LogP contribution in [0.5, 0.6) is 5.75 Å². The van der Waals surface area contributed by atoms with Gasteiger partial charge in [0, 0.05) is 13.0 Å². The highest BCUT2D eigenvalue weighted by Gasteiger charge is 2.42. The molecule has 172 valence electrons. The molecule has 2 rings (SSSR count). The molecule has 0 aliphatic carbocycles. The predicted molar refractivity (Wildman–Crippen MR) is 109 cm³/mol. The Bertz CT molecular complexity index is 797. The van der Waals surface area contributed by atoms with Gasteiger partial charge in [0.15, 0.2) is 5.78 Å². The Kier molecular flexibility index (Phi) is 8.13. The van der Waals surface area contributed by atoms with Crippen LogP contribution >= 0.6 is 0 Å². The lowest BCUT2D eigenvalue weighted by molar-refractivity contribution is -0.145. The third-order valence-electron chi connectivity index (χ3n) is 5.61. The highest BCUT2D eigenvalue weighted by Crippen LogP contribution is 2.24. The minimum absolute atomic E-state index is 0.0437. The van der Waals surface area contributed by atoms with Crippen LogP contribution in [-0.2, 0) is 14.4 Å². The van der Waals surface area contributed by atoms with Gasteiger partial charge in [0.2, 0.25) is 11.8 Å². The highest BCUT2D eigenvalue weighted by atomic mass is 16.3. The fraction of sp³-hybridized carbons (Fsp3) is 0.571. The number of likely N-dealkylation sites (tertiary alicyclic amines) is 1. The van der Waals surface area contributed by atoms with Gasteiger partial charge in [-0.05, 0) is 31.5 Å². The van der Waals surface area contributed by atoms with Gasteiger partial charge in [0.05, 0.1) is 18.1 Å². The molecule has 10 nitrogen and oxygen atoms in total. The van der Waals surface area contributed by atoms with Crippen molar-refractivity contribution in [2.45, 2.75) is 63.7 Å². The SMILES string of the molecule is CC(=O)[C@@H](NC(=O)[C@@H]1CC(O)CN1C(=O)[C@@H](C)C(C)O)C(O)C(O)c1ccc(O)cc1. The Labute approximate surface area is 180 Å². The summed E-state index contributed by atoms with van der Waals surface area (Å²) in [7, 11) is 0. The predicted octanol–water partition coefficient (Wildman–Crippen LogP) is -1.16. The van der Waals surface area contributed by atoms with Crippen LogP contribution in [0.25, 0.3) is 0 Å². The topological polar surface area (TPSA) is 168 Å². The van der Waals surface area contributed by atoms with Crippen molar-refractivity contribution in [3.05, 3.63) is 29.8 Å². The number of Topliss-reactive ketones (excluding diaryl/α,β-unsaturated/α-hetero) is 1. The number of carbonyl (C=O) groups is 3. The Balaban J connectivity index is 2.17. The molecule has 1 heterocycles. The van der Waals surface area contributed by atoms with Gasteiger partial charge in [0.25, 0.3) is 0 Å². The second-order valence-electron chi connectivity index (χ2n) is 8.05. The number of hydrogen-bond acceptors (Lipinski definition) is 8. The lowest BCUT2D eigenvalue weighted by Crippen LogP contribution is -2.56. The molecule has 10 heteroatoms. The molecule has 4 unspecified atom stereocenters. The van der Waals surface area contributed by atoms with Crippen LogP contribution in [0.4, 0.5) is 0 Å². The zero-order chi connectivity index (χ0) is 23.5. The lowest BCUT2D eigenvalue weighted by Gasteiger charge is -2.30. The number of amides is 2. The van der Waals surface area contributed by atoms with E-state index in [0.717, 1.165) is 11.8 Å². The molecule has 0 bridgehead atoms. The molecule has 2 amide bonds. The molecule has 1 saturated heterocycles. The Morgan fingerprint density at radius 1 is 1.10 bits per heavy atom. The molecule has 1 fully saturated rings. The summed E-state index contributed by atoms with van der Waals surface area (Å²) >= 11 is 0. The Hall–Kier alpha value is -2.53. The van der Waals surface area contributed by atoms with Crippen molar-refractivity contribution in [1.82, 2.24) is 10.2 Å². The number of phenolic OH excluding ortho intramolecular Hbond substituents is 1. The van der Waals surface area contributed by atoms with Crippen molar-refractivity contribution in [3.8, 4) is 5.75 Å². The molecule has 0 spiro atoms. The van der Waals surface area contributed by atoms with Crippen LogP contribution in [0.2, 0.25) is 0 Å². The summed E-state index contributed by atoms with van der Waals surface area (Å²) in [5.41, 5.74) is 0.227. The molecular weight excluding hydrogens is 408 g/mol. The van der Waals surface area contributed by atoms with E-state index < -0.39 is 60.0 Å². The summed E-state index contributed by atoms with van der Waals surface area (Å²) < 4.78 is 0. The molecule has 31 heavy (non-hydrogen) atoms. The third-order valence-corrected chi connectivity index (χ3v) is 5.61. The standard InChI is InChI=1S/C21H30N2O8/c1-10(11(2)24)21(31)23-9-15(27)8-16(23)20(30)22-17(12(3)25)19(29)18(28)13-4-6-14(26)7-5-13/h4-7,10-11,15-19,24,26-29H,8-9H2,1-3H3,(H,22,30)/t10-,11?,15?,16-,17+,18?,19?/m0/s1. The number of rotatable bonds is 8. The smallest absolute Gasteiger partial charge is 0.243 e. The average molecular weight is 438 g/mol. The van der Waals surface area contributed by atoms with E-state index in [-0.39, 0.29) is 24.3 Å². The molecule has 7 atom stereocenters. The van der Waals surface area contributed by atoms with Crippen molar-refractivity contribution in [2.75, 3.05) is 6.54 Å². The van der Waals surface area contributed by atoms with Crippen molar-refractivity contribution < 1.29 is 39.9 Å². The normalized spacial score (nSPS) is 23.5. The number of nitrogens with zero attached hydrogens (tertiary/aromatic N) is 1. The summed E-state index contributed by atoms with van der Waals surface area (Å²) in [5, 5.41) is 52.4. The van der Waals surface area contributed by atoms with E-state index in [1.807, 2.05) is 0 Å². The first kappa shape index (κ1) is 24.7. The number of aliphatic hydroxyl groups excluding tert-OH is 4. The van der Waals surface area contributed by atoms with Crippen LogP contribution in [0.15, 0.2) is 24.3 Å². The van der Waals surface area contributed by atoms with E-state index in [1.54, 1.807) is 0 Å². The van der Waals surface area contributed by atoms with Gasteiger partial charge in [-0.3, -0.25) is 14.4 Å². The van der Waals surface area contributed by atoms with Gasteiger partial charge in [-0.25, -0.2) is 0 Å². The first-order valence-electron chi connectivity index (χ1n) is 10.1. The van der Waals surface area contributed by atoms with Gasteiger partial charge < -0.3 is 35.7 Å². The van der Waals surface area contributed by atoms with Gasteiger partial charge in [-0.1, -0.05) is 19.1 Å². The van der Waals surface area contributed by atoms with Gasteiger partial charge >= 0.3 is 0 Å². The van der Waals surface area contributed by atoms with Gasteiger partial charge in [0.1, 0.15) is 30.0 Å². The third kappa shape index (κ3) is 5.79. The number of hydrogen-bond donors (Lipinski definition) is 6. The lowest BCUT2D eigenvalue weighted by atomic mass is 9.96. The van der Waals surface area contributed by atoms with Crippen molar-refractivity contribution in [3.63, 3.8) is 0 Å². The first-order valence-corrected chi connectivity index (χ1v) is 10.1. The van der Waals surface area contributed by atoms with E-state index in [1.165, 1.54) is 38.1 Å². The van der Waals surface area contributed by atoms with Crippen LogP contribution in [0.3, 0.4) is 0 Å². The first-order chi connectivity index (χ1) is 14.4. The second kappa shape index (κ2) is 10.2. The van der Waals surface area contributed by atoms with Crippen molar-refractivity contribution in [1.29, 1.82) is 0 Å². The maximum Gasteiger partial charge on any atom is 0.243 e. The fourth-order valence-corrected chi connectivity index (χ4v) is 3.50. The molecule has 0 radical (unpaired) electrons. The number of nitrogens with one attached hydrogen (secondary N) is 1. The summed E-state index contributed by atoms with van der Waals surface area (Å²) in [6.07, 6.45) is -5.20. The minimum Gasteiger partial charge on any atom is -0.508 e. The summed E-state index contributed by atoms with van der Waals surface area (Å²) in [5.74, 6) is -2.74. The number of phenols is 1. The largest absolute Gasteiger partial charge is 0.508 e. The van der Waals surface area contributed by atoms with E-state index in [9.17, 15) is 39.9 Å². The quantitative estimate of drug-likeness (QED) is 0.295. The van der Waals surface area contributed by atoms with E-state index in [2.05, 4.69) is 5.32 Å². The molecule has 0 saturated carbocycles. The molecule has 1 aliphatic heterocycles. The average Bonchev–Trinajstić information content (AvgIpc) is 3.11. The molecule has 1 aliphatic rings. The van der Waals surface area contributed by atoms with Gasteiger partial charge in [-0.2, -0.15) is 0 Å². The Morgan fingerprint density at radius 3 is 2.19 bits per heavy atom. The van der Waals surface area contributed by atoms with Gasteiger partial charge in [-0.15, -0.1) is 0 Å². The maximum absolute atomic E-state index is 12.9. The summed E-state index contributed by atoms with van der Waals surface area (Å²) in [6, 6.07) is 2.78. The number of benzene rings is 1. The van der Waals surface area contributed by atoms with Crippen LogP contribution < -0.4 is 5.32 Å². The number of aromatic hydroxyl groups is 1. The molecule has 6 N–H and O–H groups in total. The zero-order valence-electron chi connectivity index (χ0n) is 17.7. The van der Waals surface area contributed by atoms with Crippen LogP contribution in [-0.4, -0.2) is 85.0 Å². The van der Waals surface area contributed by atoms with Crippen molar-refractivity contribution in [2.24, 2.45) is 5.92 Å². The zero-order valence-corrected chi connectivity index (χ0v) is 17.7. The summed E-state index contributed by atoms with van der Waals surface area (Å²) in [4.78, 5) is 38.7. The van der Waals surface area contributed by atoms with E-state index >= 15 is 0 Å². The number of aliphatic hydroxyl groups is 4. The van der Waals surface area contributed by atoms with Crippen LogP contribution in [0, 0.1) is 5.92 Å². The molecule has 1 aromatic carbocycles. The Morgan fingerprint density at radius 2 is 1.68 bits per heavy atom. The van der Waals surface area contributed by atoms with Crippen LogP contribution in [0.1, 0.15) is 38.9 Å². The number of β-amino-alcohol motifs (C(OH)–C–C–N with tert-alkyl or cyclic N) is 1. The molecule has 1 aromatic rings. The molecular formula is C21H30N2O8. The minimum atomic E-state index is -1.70. The van der Waals surface area contributed by atoms with E-state index in [0.29, 0.717) is 0 Å². The molecule has 0 aromatic heterocycles. The number of carbonyl (C=O) groups excluding carboxylic acids is 3. The second-order valence-corrected chi connectivity index (χ2v) is 8.05. The van der Waals surface area contributed by atoms with E-state index in [4.69, 9.17) is 0 Å². The number of ketones is 1. The monoisotopic (exact) mass is 438 g/mol. The van der Waals surface area contributed by atoms with Crippen molar-refractivity contribution >= 4 is 17.6 Å². The summed E-state index contributed by atoms with van der Waals surface area (Å²) in [6.45, 7) is 3.98. The highest BCUT2D eigenvalue weighted by molar-refractivity contribution is 5.93. The maximum atomic E-state index is 12.9. The fourth-order valence-electron chi connectivity index (χ4n) is 3.50.